The molecule has 3 rings (SSSR count). The van der Waals surface area contributed by atoms with Crippen LogP contribution in [0, 0.1) is 11.3 Å². The number of rotatable bonds is 5. The molecule has 1 aromatic rings. The maximum atomic E-state index is 10.5. The molecule has 0 heterocycles. The van der Waals surface area contributed by atoms with Gasteiger partial charge in [-0.2, -0.15) is 0 Å². The number of methoxy groups -OCH3 is 1. The molecule has 2 atom stereocenters. The zero-order valence-electron chi connectivity index (χ0n) is 16.5. The second-order valence-electron chi connectivity index (χ2n) is 9.00. The summed E-state index contributed by atoms with van der Waals surface area (Å²) in [6.45, 7) is 9.68. The van der Waals surface area contributed by atoms with Crippen molar-refractivity contribution < 1.29 is 14.6 Å². The molecule has 1 fully saturated rings. The zero-order valence-corrected chi connectivity index (χ0v) is 16.5. The molecule has 0 radical (unpaired) electrons. The van der Waals surface area contributed by atoms with Gasteiger partial charge in [0.05, 0.1) is 6.61 Å². The van der Waals surface area contributed by atoms with E-state index < -0.39 is 0 Å². The van der Waals surface area contributed by atoms with Crippen LogP contribution in [0.25, 0.3) is 0 Å². The number of hydrogen-bond donors (Lipinski definition) is 1. The van der Waals surface area contributed by atoms with E-state index in [1.54, 1.807) is 7.11 Å². The Morgan fingerprint density at radius 3 is 2.64 bits per heavy atom. The van der Waals surface area contributed by atoms with Crippen LogP contribution in [0.5, 0.6) is 5.75 Å². The first-order valence-electron chi connectivity index (χ1n) is 9.75. The van der Waals surface area contributed by atoms with E-state index in [0.717, 1.165) is 18.6 Å². The minimum Gasteiger partial charge on any atom is -0.467 e. The van der Waals surface area contributed by atoms with Gasteiger partial charge in [0.25, 0.3) is 0 Å². The third kappa shape index (κ3) is 3.10. The van der Waals surface area contributed by atoms with E-state index in [1.165, 1.54) is 36.0 Å². The van der Waals surface area contributed by atoms with E-state index in [2.05, 4.69) is 39.8 Å². The maximum absolute atomic E-state index is 10.5. The van der Waals surface area contributed by atoms with Crippen molar-refractivity contribution in [3.8, 4) is 5.75 Å². The molecular weight excluding hydrogens is 312 g/mol. The van der Waals surface area contributed by atoms with Crippen LogP contribution in [-0.2, 0) is 16.6 Å². The molecule has 3 nitrogen and oxygen atoms in total. The summed E-state index contributed by atoms with van der Waals surface area (Å²) in [6.07, 6.45) is 5.80. The third-order valence-electron chi connectivity index (χ3n) is 6.77. The molecule has 0 aromatic heterocycles. The van der Waals surface area contributed by atoms with Crippen molar-refractivity contribution in [2.75, 3.05) is 20.5 Å². The van der Waals surface area contributed by atoms with E-state index in [0.29, 0.717) is 11.8 Å². The second kappa shape index (κ2) is 6.92. The molecule has 0 aliphatic heterocycles. The van der Waals surface area contributed by atoms with Crippen LogP contribution in [0.2, 0.25) is 0 Å². The fraction of sp³-hybridized carbons (Fsp3) is 0.727. The van der Waals surface area contributed by atoms with Gasteiger partial charge < -0.3 is 14.6 Å². The van der Waals surface area contributed by atoms with Crippen LogP contribution >= 0.6 is 0 Å². The molecule has 2 aliphatic carbocycles. The lowest BCUT2D eigenvalue weighted by molar-refractivity contribution is -0.00559. The lowest BCUT2D eigenvalue weighted by Crippen LogP contribution is -2.51. The molecule has 140 valence electrons. The first kappa shape index (κ1) is 18.7. The highest BCUT2D eigenvalue weighted by Gasteiger charge is 2.52. The summed E-state index contributed by atoms with van der Waals surface area (Å²) in [5.74, 6) is 1.86. The van der Waals surface area contributed by atoms with Crippen molar-refractivity contribution in [1.29, 1.82) is 0 Å². The standard InChI is InChI=1S/C22H34O3/c1-15(2)17-11-16-7-8-20-21(3,4)9-6-10-22(20,13-23)18(16)12-19(17)25-14-24-5/h11-12,15,20,23H,6-10,13-14H2,1-5H3/t20-,22-/m0/s1. The molecule has 3 heteroatoms. The van der Waals surface area contributed by atoms with Gasteiger partial charge in [0.15, 0.2) is 6.79 Å². The topological polar surface area (TPSA) is 38.7 Å². The van der Waals surface area contributed by atoms with Gasteiger partial charge in [-0.25, -0.2) is 0 Å². The molecule has 1 aromatic carbocycles. The van der Waals surface area contributed by atoms with Crippen LogP contribution in [0.3, 0.4) is 0 Å². The average molecular weight is 347 g/mol. The minimum absolute atomic E-state index is 0.115. The first-order chi connectivity index (χ1) is 11.9. The Hall–Kier alpha value is -1.06. The molecule has 0 amide bonds. The van der Waals surface area contributed by atoms with Crippen molar-refractivity contribution >= 4 is 0 Å². The number of ether oxygens (including phenoxy) is 2. The summed E-state index contributed by atoms with van der Waals surface area (Å²) >= 11 is 0. The average Bonchev–Trinajstić information content (AvgIpc) is 2.58. The van der Waals surface area contributed by atoms with E-state index in [1.807, 2.05) is 0 Å². The van der Waals surface area contributed by atoms with E-state index in [-0.39, 0.29) is 24.2 Å². The Labute approximate surface area is 152 Å². The van der Waals surface area contributed by atoms with Crippen LogP contribution in [0.15, 0.2) is 12.1 Å². The highest BCUT2D eigenvalue weighted by molar-refractivity contribution is 5.49. The number of aryl methyl sites for hydroxylation is 1. The summed E-state index contributed by atoms with van der Waals surface area (Å²) in [7, 11) is 1.66. The molecule has 1 saturated carbocycles. The summed E-state index contributed by atoms with van der Waals surface area (Å²) in [4.78, 5) is 0. The summed E-state index contributed by atoms with van der Waals surface area (Å²) in [5, 5.41) is 10.5. The summed E-state index contributed by atoms with van der Waals surface area (Å²) < 4.78 is 11.1. The third-order valence-corrected chi connectivity index (χ3v) is 6.77. The Morgan fingerprint density at radius 2 is 2.00 bits per heavy atom. The number of benzene rings is 1. The molecule has 2 aliphatic rings. The molecule has 0 saturated heterocycles. The monoisotopic (exact) mass is 346 g/mol. The Bertz CT molecular complexity index is 620. The Kier molecular flexibility index (Phi) is 5.18. The first-order valence-corrected chi connectivity index (χ1v) is 9.75. The van der Waals surface area contributed by atoms with Gasteiger partial charge in [-0.15, -0.1) is 0 Å². The second-order valence-corrected chi connectivity index (χ2v) is 9.00. The largest absolute Gasteiger partial charge is 0.467 e. The van der Waals surface area contributed by atoms with E-state index >= 15 is 0 Å². The predicted octanol–water partition coefficient (Wildman–Crippen LogP) is 4.80. The van der Waals surface area contributed by atoms with Gasteiger partial charge in [-0.1, -0.05) is 40.2 Å². The number of fused-ring (bicyclic) bond motifs is 3. The van der Waals surface area contributed by atoms with Gasteiger partial charge in [0, 0.05) is 12.5 Å². The van der Waals surface area contributed by atoms with E-state index in [4.69, 9.17) is 9.47 Å². The number of aliphatic hydroxyl groups is 1. The van der Waals surface area contributed by atoms with Gasteiger partial charge in [-0.3, -0.25) is 0 Å². The van der Waals surface area contributed by atoms with Crippen molar-refractivity contribution in [3.05, 3.63) is 28.8 Å². The smallest absolute Gasteiger partial charge is 0.188 e. The van der Waals surface area contributed by atoms with Crippen molar-refractivity contribution in [3.63, 3.8) is 0 Å². The minimum atomic E-state index is -0.115. The summed E-state index contributed by atoms with van der Waals surface area (Å²) in [6, 6.07) is 4.56. The van der Waals surface area contributed by atoms with Crippen LogP contribution in [0.4, 0.5) is 0 Å². The molecule has 0 unspecified atom stereocenters. The van der Waals surface area contributed by atoms with Crippen LogP contribution in [0.1, 0.15) is 76.0 Å². The molecule has 25 heavy (non-hydrogen) atoms. The van der Waals surface area contributed by atoms with Gasteiger partial charge in [0.2, 0.25) is 0 Å². The Morgan fingerprint density at radius 1 is 1.24 bits per heavy atom. The maximum Gasteiger partial charge on any atom is 0.188 e. The number of hydrogen-bond acceptors (Lipinski definition) is 3. The molecular formula is C22H34O3. The predicted molar refractivity (Wildman–Crippen MR) is 101 cm³/mol. The van der Waals surface area contributed by atoms with Gasteiger partial charge >= 0.3 is 0 Å². The van der Waals surface area contributed by atoms with Crippen LogP contribution in [-0.4, -0.2) is 25.6 Å². The van der Waals surface area contributed by atoms with E-state index in [9.17, 15) is 5.11 Å². The molecule has 0 spiro atoms. The quantitative estimate of drug-likeness (QED) is 0.779. The fourth-order valence-electron chi connectivity index (χ4n) is 5.53. The lowest BCUT2D eigenvalue weighted by Gasteiger charge is -2.55. The SMILES string of the molecule is COCOc1cc2c(cc1C(C)C)CC[C@H]1C(C)(C)CCC[C@]21CO. The molecule has 1 N–H and O–H groups in total. The van der Waals surface area contributed by atoms with Gasteiger partial charge in [-0.05, 0) is 65.7 Å². The number of aliphatic hydroxyl groups excluding tert-OH is 1. The van der Waals surface area contributed by atoms with Gasteiger partial charge in [0.1, 0.15) is 5.75 Å². The molecule has 0 bridgehead atoms. The highest BCUT2D eigenvalue weighted by Crippen LogP contribution is 2.57. The lowest BCUT2D eigenvalue weighted by atomic mass is 9.50. The van der Waals surface area contributed by atoms with Crippen LogP contribution < -0.4 is 4.74 Å². The normalized spacial score (nSPS) is 27.7. The van der Waals surface area contributed by atoms with Crippen molar-refractivity contribution in [1.82, 2.24) is 0 Å². The summed E-state index contributed by atoms with van der Waals surface area (Å²) in [5.41, 5.74) is 4.15. The fourth-order valence-corrected chi connectivity index (χ4v) is 5.53. The Balaban J connectivity index is 2.13. The van der Waals surface area contributed by atoms with Crippen molar-refractivity contribution in [2.45, 2.75) is 71.1 Å². The van der Waals surface area contributed by atoms with Crippen molar-refractivity contribution in [2.24, 2.45) is 11.3 Å². The zero-order chi connectivity index (χ0) is 18.2. The highest BCUT2D eigenvalue weighted by atomic mass is 16.7.